The highest BCUT2D eigenvalue weighted by atomic mass is 16.6. The Hall–Kier alpha value is -2.11. The second-order valence-corrected chi connectivity index (χ2v) is 5.01. The van der Waals surface area contributed by atoms with Crippen molar-refractivity contribution in [2.75, 3.05) is 6.61 Å². The van der Waals surface area contributed by atoms with E-state index in [1.165, 1.54) is 18.2 Å². The largest absolute Gasteiger partial charge is 0.484 e. The van der Waals surface area contributed by atoms with E-state index < -0.39 is 4.92 Å². The molecular weight excluding hydrogens is 272 g/mol. The zero-order chi connectivity index (χ0) is 15.7. The smallest absolute Gasteiger partial charge is 0.273 e. The number of nitrogens with zero attached hydrogens (tertiary/aromatic N) is 1. The molecule has 0 fully saturated rings. The lowest BCUT2D eigenvalue weighted by molar-refractivity contribution is -0.384. The van der Waals surface area contributed by atoms with Crippen LogP contribution in [0.5, 0.6) is 5.75 Å². The lowest BCUT2D eigenvalue weighted by Crippen LogP contribution is -2.36. The Bertz CT molecular complexity index is 476. The van der Waals surface area contributed by atoms with Gasteiger partial charge in [-0.05, 0) is 19.4 Å². The second kappa shape index (κ2) is 8.94. The number of carbonyl (C=O) groups is 1. The third kappa shape index (κ3) is 6.74. The number of nitrogens with one attached hydrogen (secondary N) is 1. The minimum atomic E-state index is -0.497. The number of amides is 1. The Balaban J connectivity index is 2.35. The van der Waals surface area contributed by atoms with Gasteiger partial charge in [-0.3, -0.25) is 14.9 Å². The van der Waals surface area contributed by atoms with E-state index in [-0.39, 0.29) is 24.2 Å². The fourth-order valence-corrected chi connectivity index (χ4v) is 1.92. The number of nitro groups is 1. The van der Waals surface area contributed by atoms with Crippen LogP contribution in [0.15, 0.2) is 24.3 Å². The highest BCUT2D eigenvalue weighted by Crippen LogP contribution is 2.18. The van der Waals surface area contributed by atoms with Crippen LogP contribution in [0.4, 0.5) is 5.69 Å². The second-order valence-electron chi connectivity index (χ2n) is 5.01. The van der Waals surface area contributed by atoms with Crippen LogP contribution in [-0.2, 0) is 4.79 Å². The lowest BCUT2D eigenvalue weighted by Gasteiger charge is -2.14. The van der Waals surface area contributed by atoms with Gasteiger partial charge in [0.2, 0.25) is 0 Å². The molecule has 6 heteroatoms. The van der Waals surface area contributed by atoms with Crippen molar-refractivity contribution in [3.05, 3.63) is 34.4 Å². The van der Waals surface area contributed by atoms with Crippen molar-refractivity contribution in [3.63, 3.8) is 0 Å². The average molecular weight is 294 g/mol. The molecule has 0 aliphatic carbocycles. The van der Waals surface area contributed by atoms with E-state index >= 15 is 0 Å². The van der Waals surface area contributed by atoms with Crippen molar-refractivity contribution >= 4 is 11.6 Å². The number of non-ortho nitro benzene ring substituents is 1. The molecule has 1 amide bonds. The van der Waals surface area contributed by atoms with Crippen LogP contribution < -0.4 is 10.1 Å². The third-order valence-corrected chi connectivity index (χ3v) is 3.05. The number of benzene rings is 1. The molecule has 1 unspecified atom stereocenters. The highest BCUT2D eigenvalue weighted by Gasteiger charge is 2.10. The highest BCUT2D eigenvalue weighted by molar-refractivity contribution is 5.77. The standard InChI is InChI=1S/C15H22N2O4/c1-3-4-5-7-12(2)16-15(18)11-21-14-9-6-8-13(10-14)17(19)20/h6,8-10,12H,3-5,7,11H2,1-2H3,(H,16,18). The molecule has 1 N–H and O–H groups in total. The number of carbonyl (C=O) groups excluding carboxylic acids is 1. The monoisotopic (exact) mass is 294 g/mol. The first-order valence-corrected chi connectivity index (χ1v) is 7.19. The molecule has 1 aromatic carbocycles. The number of ether oxygens (including phenoxy) is 1. The molecular formula is C15H22N2O4. The van der Waals surface area contributed by atoms with E-state index in [0.717, 1.165) is 25.7 Å². The Labute approximate surface area is 124 Å². The molecule has 0 radical (unpaired) electrons. The van der Waals surface area contributed by atoms with Gasteiger partial charge in [-0.2, -0.15) is 0 Å². The summed E-state index contributed by atoms with van der Waals surface area (Å²) in [6, 6.07) is 5.91. The molecule has 21 heavy (non-hydrogen) atoms. The predicted molar refractivity (Wildman–Crippen MR) is 80.3 cm³/mol. The molecule has 1 atom stereocenters. The van der Waals surface area contributed by atoms with Gasteiger partial charge in [-0.1, -0.05) is 32.3 Å². The summed E-state index contributed by atoms with van der Waals surface area (Å²) in [7, 11) is 0. The van der Waals surface area contributed by atoms with Gasteiger partial charge < -0.3 is 10.1 Å². The third-order valence-electron chi connectivity index (χ3n) is 3.05. The fraction of sp³-hybridized carbons (Fsp3) is 0.533. The Morgan fingerprint density at radius 3 is 2.86 bits per heavy atom. The topological polar surface area (TPSA) is 81.5 Å². The van der Waals surface area contributed by atoms with E-state index in [4.69, 9.17) is 4.74 Å². The maximum atomic E-state index is 11.7. The van der Waals surface area contributed by atoms with Gasteiger partial charge in [0.15, 0.2) is 6.61 Å². The number of rotatable bonds is 9. The zero-order valence-electron chi connectivity index (χ0n) is 12.5. The van der Waals surface area contributed by atoms with Crippen LogP contribution in [0, 0.1) is 10.1 Å². The van der Waals surface area contributed by atoms with Gasteiger partial charge in [0.05, 0.1) is 11.0 Å². The molecule has 0 saturated heterocycles. The summed E-state index contributed by atoms with van der Waals surface area (Å²) in [6.07, 6.45) is 4.33. The van der Waals surface area contributed by atoms with E-state index in [2.05, 4.69) is 12.2 Å². The summed E-state index contributed by atoms with van der Waals surface area (Å²) in [5.74, 6) is 0.100. The normalized spacial score (nSPS) is 11.7. The molecule has 0 spiro atoms. The molecule has 0 bridgehead atoms. The average Bonchev–Trinajstić information content (AvgIpc) is 2.45. The molecule has 6 nitrogen and oxygen atoms in total. The summed E-state index contributed by atoms with van der Waals surface area (Å²) >= 11 is 0. The molecule has 0 saturated carbocycles. The van der Waals surface area contributed by atoms with Gasteiger partial charge in [0, 0.05) is 12.1 Å². The molecule has 1 rings (SSSR count). The summed E-state index contributed by atoms with van der Waals surface area (Å²) in [4.78, 5) is 21.8. The van der Waals surface area contributed by atoms with Gasteiger partial charge in [0.25, 0.3) is 11.6 Å². The van der Waals surface area contributed by atoms with Crippen LogP contribution >= 0.6 is 0 Å². The number of nitro benzene ring substituents is 1. The first-order chi connectivity index (χ1) is 10.0. The summed E-state index contributed by atoms with van der Waals surface area (Å²) in [6.45, 7) is 3.95. The first kappa shape index (κ1) is 16.9. The van der Waals surface area contributed by atoms with E-state index in [1.54, 1.807) is 6.07 Å². The Kier molecular flexibility index (Phi) is 7.21. The van der Waals surface area contributed by atoms with E-state index in [9.17, 15) is 14.9 Å². The number of hydrogen-bond acceptors (Lipinski definition) is 4. The zero-order valence-corrected chi connectivity index (χ0v) is 12.5. The minimum absolute atomic E-state index is 0.0548. The maximum Gasteiger partial charge on any atom is 0.273 e. The van der Waals surface area contributed by atoms with Crippen LogP contribution in [0.25, 0.3) is 0 Å². The van der Waals surface area contributed by atoms with Crippen molar-refractivity contribution in [2.24, 2.45) is 0 Å². The maximum absolute atomic E-state index is 11.7. The molecule has 116 valence electrons. The summed E-state index contributed by atoms with van der Waals surface area (Å²) < 4.78 is 5.27. The quantitative estimate of drug-likeness (QED) is 0.431. The molecule has 0 aliphatic rings. The fourth-order valence-electron chi connectivity index (χ4n) is 1.92. The minimum Gasteiger partial charge on any atom is -0.484 e. The number of unbranched alkanes of at least 4 members (excludes halogenated alkanes) is 2. The van der Waals surface area contributed by atoms with Crippen LogP contribution in [-0.4, -0.2) is 23.5 Å². The molecule has 1 aromatic rings. The van der Waals surface area contributed by atoms with Crippen LogP contribution in [0.2, 0.25) is 0 Å². The van der Waals surface area contributed by atoms with Crippen molar-refractivity contribution in [3.8, 4) is 5.75 Å². The lowest BCUT2D eigenvalue weighted by atomic mass is 10.1. The van der Waals surface area contributed by atoms with Crippen molar-refractivity contribution in [1.82, 2.24) is 5.32 Å². The molecule has 0 aromatic heterocycles. The molecule has 0 heterocycles. The van der Waals surface area contributed by atoms with Crippen LogP contribution in [0.1, 0.15) is 39.5 Å². The van der Waals surface area contributed by atoms with Gasteiger partial charge in [-0.15, -0.1) is 0 Å². The Morgan fingerprint density at radius 2 is 2.19 bits per heavy atom. The van der Waals surface area contributed by atoms with Crippen molar-refractivity contribution in [2.45, 2.75) is 45.6 Å². The van der Waals surface area contributed by atoms with Crippen molar-refractivity contribution in [1.29, 1.82) is 0 Å². The van der Waals surface area contributed by atoms with Gasteiger partial charge in [0.1, 0.15) is 5.75 Å². The van der Waals surface area contributed by atoms with E-state index in [1.807, 2.05) is 6.92 Å². The SMILES string of the molecule is CCCCCC(C)NC(=O)COc1cccc([N+](=O)[O-])c1. The predicted octanol–water partition coefficient (Wildman–Crippen LogP) is 3.06. The first-order valence-electron chi connectivity index (χ1n) is 7.19. The van der Waals surface area contributed by atoms with Crippen molar-refractivity contribution < 1.29 is 14.5 Å². The summed E-state index contributed by atoms with van der Waals surface area (Å²) in [5.41, 5.74) is -0.0548. The van der Waals surface area contributed by atoms with E-state index in [0.29, 0.717) is 5.75 Å². The van der Waals surface area contributed by atoms with Gasteiger partial charge in [-0.25, -0.2) is 0 Å². The summed E-state index contributed by atoms with van der Waals surface area (Å²) in [5, 5.41) is 13.5. The van der Waals surface area contributed by atoms with Crippen LogP contribution in [0.3, 0.4) is 0 Å². The van der Waals surface area contributed by atoms with Gasteiger partial charge >= 0.3 is 0 Å². The Morgan fingerprint density at radius 1 is 1.43 bits per heavy atom. The molecule has 0 aliphatic heterocycles. The number of hydrogen-bond donors (Lipinski definition) is 1.